The van der Waals surface area contributed by atoms with Gasteiger partial charge in [-0.25, -0.2) is 4.79 Å². The van der Waals surface area contributed by atoms with Crippen molar-refractivity contribution in [1.29, 1.82) is 0 Å². The number of imidazole rings is 1. The number of primary amides is 1. The third-order valence-electron chi connectivity index (χ3n) is 5.71. The van der Waals surface area contributed by atoms with Crippen LogP contribution in [-0.4, -0.2) is 43.7 Å². The van der Waals surface area contributed by atoms with Gasteiger partial charge in [0.25, 0.3) is 5.56 Å². The molecule has 2 aromatic rings. The van der Waals surface area contributed by atoms with Crippen LogP contribution in [0.1, 0.15) is 40.5 Å². The van der Waals surface area contributed by atoms with Gasteiger partial charge >= 0.3 is 5.69 Å². The number of piperidine rings is 1. The number of carbonyl (C=O) groups is 1. The Morgan fingerprint density at radius 2 is 1.97 bits per heavy atom. The Morgan fingerprint density at radius 1 is 1.30 bits per heavy atom. The number of allylic oxidation sites excluding steroid dienone is 2. The summed E-state index contributed by atoms with van der Waals surface area (Å²) in [5.41, 5.74) is 10.8. The predicted molar refractivity (Wildman–Crippen MR) is 117 cm³/mol. The number of hydrogen-bond acceptors (Lipinski definition) is 6. The van der Waals surface area contributed by atoms with Crippen LogP contribution in [0.5, 0.6) is 0 Å². The first kappa shape index (κ1) is 21.8. The highest BCUT2D eigenvalue weighted by Gasteiger charge is 2.34. The van der Waals surface area contributed by atoms with Crippen LogP contribution in [-0.2, 0) is 23.9 Å². The second kappa shape index (κ2) is 7.75. The minimum Gasteiger partial charge on any atom is -0.368 e. The zero-order valence-electron chi connectivity index (χ0n) is 18.3. The Balaban J connectivity index is 2.42. The van der Waals surface area contributed by atoms with E-state index in [0.717, 1.165) is 29.5 Å². The van der Waals surface area contributed by atoms with Crippen molar-refractivity contribution in [2.24, 2.45) is 18.5 Å². The van der Waals surface area contributed by atoms with Crippen molar-refractivity contribution in [2.75, 3.05) is 18.0 Å². The molecule has 0 radical (unpaired) electrons. The monoisotopic (exact) mass is 417 g/mol. The van der Waals surface area contributed by atoms with Gasteiger partial charge in [0.2, 0.25) is 11.9 Å². The molecule has 0 spiro atoms. The number of nitrogens with two attached hydrogens (primary N) is 2. The molecule has 0 aliphatic carbocycles. The number of carbonyl (C=O) groups excluding carboxylic acids is 1. The third-order valence-corrected chi connectivity index (χ3v) is 5.71. The second-order valence-corrected chi connectivity index (χ2v) is 8.73. The molecule has 1 amide bonds. The fourth-order valence-corrected chi connectivity index (χ4v) is 3.78. The summed E-state index contributed by atoms with van der Waals surface area (Å²) in [7, 11) is 1.40. The Kier molecular flexibility index (Phi) is 5.64. The number of anilines is 1. The minimum atomic E-state index is -1.37. The molecule has 1 aliphatic heterocycles. The maximum absolute atomic E-state index is 13.1. The zero-order chi connectivity index (χ0) is 22.4. The van der Waals surface area contributed by atoms with E-state index in [1.54, 1.807) is 18.4 Å². The lowest BCUT2D eigenvalue weighted by molar-refractivity contribution is -0.125. The van der Waals surface area contributed by atoms with Gasteiger partial charge in [-0.3, -0.25) is 18.7 Å². The number of hydrogen-bond donors (Lipinski definition) is 2. The smallest absolute Gasteiger partial charge is 0.333 e. The molecule has 3 heterocycles. The first-order valence-electron chi connectivity index (χ1n) is 10.1. The standard InChI is InChI=1S/C20H31N7O3/c1-12(2)8-10-26-14-15(23-18(26)25-9-6-7-13(21)11-25)27(20(3,4)17(22)29)19(30)24(5)16(14)28/h8,13H,6-7,9-11,21H2,1-5H3,(H2,22,29). The zero-order valence-corrected chi connectivity index (χ0v) is 18.3. The lowest BCUT2D eigenvalue weighted by Crippen LogP contribution is -2.51. The highest BCUT2D eigenvalue weighted by atomic mass is 16.2. The largest absolute Gasteiger partial charge is 0.368 e. The van der Waals surface area contributed by atoms with E-state index in [1.165, 1.54) is 11.6 Å². The van der Waals surface area contributed by atoms with Crippen LogP contribution >= 0.6 is 0 Å². The van der Waals surface area contributed by atoms with Crippen LogP contribution in [0.15, 0.2) is 21.2 Å². The van der Waals surface area contributed by atoms with Crippen LogP contribution in [0.2, 0.25) is 0 Å². The van der Waals surface area contributed by atoms with E-state index in [9.17, 15) is 14.4 Å². The molecule has 1 atom stereocenters. The van der Waals surface area contributed by atoms with E-state index in [2.05, 4.69) is 0 Å². The molecule has 1 fully saturated rings. The number of nitrogens with zero attached hydrogens (tertiary/aromatic N) is 5. The van der Waals surface area contributed by atoms with Crippen LogP contribution in [0, 0.1) is 0 Å². The molecule has 1 aliphatic rings. The van der Waals surface area contributed by atoms with Gasteiger partial charge in [-0.2, -0.15) is 4.98 Å². The van der Waals surface area contributed by atoms with Gasteiger partial charge < -0.3 is 20.9 Å². The number of amides is 1. The quantitative estimate of drug-likeness (QED) is 0.658. The van der Waals surface area contributed by atoms with E-state index < -0.39 is 22.7 Å². The Morgan fingerprint density at radius 3 is 2.53 bits per heavy atom. The van der Waals surface area contributed by atoms with Gasteiger partial charge in [0, 0.05) is 32.7 Å². The molecular weight excluding hydrogens is 386 g/mol. The van der Waals surface area contributed by atoms with Crippen molar-refractivity contribution in [3.63, 3.8) is 0 Å². The predicted octanol–water partition coefficient (Wildman–Crippen LogP) is 0.0108. The molecule has 1 unspecified atom stereocenters. The molecule has 30 heavy (non-hydrogen) atoms. The summed E-state index contributed by atoms with van der Waals surface area (Å²) in [5, 5.41) is 0. The average molecular weight is 418 g/mol. The maximum Gasteiger partial charge on any atom is 0.333 e. The van der Waals surface area contributed by atoms with Crippen molar-refractivity contribution >= 4 is 23.0 Å². The van der Waals surface area contributed by atoms with Crippen molar-refractivity contribution in [3.05, 3.63) is 32.5 Å². The van der Waals surface area contributed by atoms with Gasteiger partial charge in [-0.1, -0.05) is 11.6 Å². The lowest BCUT2D eigenvalue weighted by atomic mass is 10.0. The summed E-state index contributed by atoms with van der Waals surface area (Å²) < 4.78 is 4.02. The topological polar surface area (TPSA) is 134 Å². The Bertz CT molecular complexity index is 1130. The summed E-state index contributed by atoms with van der Waals surface area (Å²) in [6.45, 7) is 8.79. The minimum absolute atomic E-state index is 0.00236. The number of aromatic nitrogens is 4. The highest BCUT2D eigenvalue weighted by Crippen LogP contribution is 2.26. The van der Waals surface area contributed by atoms with Gasteiger partial charge in [0.1, 0.15) is 5.54 Å². The number of rotatable bonds is 5. The van der Waals surface area contributed by atoms with Crippen molar-refractivity contribution < 1.29 is 4.79 Å². The average Bonchev–Trinajstić information content (AvgIpc) is 3.03. The van der Waals surface area contributed by atoms with Crippen LogP contribution < -0.4 is 27.6 Å². The highest BCUT2D eigenvalue weighted by molar-refractivity contribution is 5.84. The summed E-state index contributed by atoms with van der Waals surface area (Å²) in [6.07, 6.45) is 3.82. The third kappa shape index (κ3) is 3.55. The summed E-state index contributed by atoms with van der Waals surface area (Å²) in [5.74, 6) is -0.126. The second-order valence-electron chi connectivity index (χ2n) is 8.73. The van der Waals surface area contributed by atoms with Crippen molar-refractivity contribution in [1.82, 2.24) is 18.7 Å². The van der Waals surface area contributed by atoms with Gasteiger partial charge in [-0.15, -0.1) is 0 Å². The van der Waals surface area contributed by atoms with Crippen LogP contribution in [0.3, 0.4) is 0 Å². The molecule has 3 rings (SSSR count). The van der Waals surface area contributed by atoms with Gasteiger partial charge in [0.05, 0.1) is 0 Å². The number of fused-ring (bicyclic) bond motifs is 1. The SMILES string of the molecule is CC(C)=CCn1c(N2CCCC(N)C2)nc2c1c(=O)n(C)c(=O)n2C(C)(C)C(N)=O. The summed E-state index contributed by atoms with van der Waals surface area (Å²) in [4.78, 5) is 45.0. The molecule has 0 aromatic carbocycles. The molecule has 0 bridgehead atoms. The fourth-order valence-electron chi connectivity index (χ4n) is 3.78. The molecule has 164 valence electrons. The summed E-state index contributed by atoms with van der Waals surface area (Å²) in [6, 6.07) is 0.00236. The molecule has 4 N–H and O–H groups in total. The first-order chi connectivity index (χ1) is 14.0. The Labute approximate surface area is 174 Å². The lowest BCUT2D eigenvalue weighted by Gasteiger charge is -2.31. The van der Waals surface area contributed by atoms with E-state index in [-0.39, 0.29) is 17.2 Å². The molecule has 1 saturated heterocycles. The van der Waals surface area contributed by atoms with Crippen molar-refractivity contribution in [3.8, 4) is 0 Å². The molecule has 10 nitrogen and oxygen atoms in total. The van der Waals surface area contributed by atoms with Crippen LogP contribution in [0.4, 0.5) is 5.95 Å². The fraction of sp³-hybridized carbons (Fsp3) is 0.600. The Hall–Kier alpha value is -2.88. The molecular formula is C20H31N7O3. The molecule has 10 heteroatoms. The molecule has 0 saturated carbocycles. The normalized spacial score (nSPS) is 17.4. The van der Waals surface area contributed by atoms with Gasteiger partial charge in [-0.05, 0) is 40.5 Å². The molecule has 2 aromatic heterocycles. The van der Waals surface area contributed by atoms with Gasteiger partial charge in [0.15, 0.2) is 11.2 Å². The van der Waals surface area contributed by atoms with E-state index >= 15 is 0 Å². The van der Waals surface area contributed by atoms with Crippen LogP contribution in [0.25, 0.3) is 11.2 Å². The van der Waals surface area contributed by atoms with E-state index in [1.807, 2.05) is 24.8 Å². The maximum atomic E-state index is 13.1. The summed E-state index contributed by atoms with van der Waals surface area (Å²) >= 11 is 0. The van der Waals surface area contributed by atoms with Crippen molar-refractivity contribution in [2.45, 2.75) is 58.7 Å². The van der Waals surface area contributed by atoms with E-state index in [0.29, 0.717) is 19.0 Å². The van der Waals surface area contributed by atoms with E-state index in [4.69, 9.17) is 16.5 Å². The first-order valence-corrected chi connectivity index (χ1v) is 10.1.